The molecule has 0 saturated carbocycles. The molecule has 0 aliphatic carbocycles. The highest BCUT2D eigenvalue weighted by molar-refractivity contribution is 8.27. The molecule has 184 valence electrons. The lowest BCUT2D eigenvalue weighted by atomic mass is 10.1. The van der Waals surface area contributed by atoms with Crippen molar-refractivity contribution >= 4 is 57.6 Å². The van der Waals surface area contributed by atoms with Gasteiger partial charge in [-0.15, -0.1) is 0 Å². The fraction of sp³-hybridized carbons (Fsp3) is 0.148. The summed E-state index contributed by atoms with van der Waals surface area (Å²) in [5.41, 5.74) is 2.11. The van der Waals surface area contributed by atoms with Crippen LogP contribution >= 0.6 is 24.0 Å². The van der Waals surface area contributed by atoms with Crippen LogP contribution in [0.3, 0.4) is 0 Å². The number of methoxy groups -OCH3 is 1. The van der Waals surface area contributed by atoms with Crippen molar-refractivity contribution in [3.05, 3.63) is 83.3 Å². The van der Waals surface area contributed by atoms with E-state index in [4.69, 9.17) is 26.4 Å². The molecule has 1 saturated heterocycles. The topological polar surface area (TPSA) is 77.1 Å². The van der Waals surface area contributed by atoms with E-state index < -0.39 is 0 Å². The maximum Gasteiger partial charge on any atom is 0.270 e. The van der Waals surface area contributed by atoms with Crippen molar-refractivity contribution in [2.24, 2.45) is 0 Å². The minimum atomic E-state index is -0.287. The van der Waals surface area contributed by atoms with Gasteiger partial charge in [-0.3, -0.25) is 14.5 Å². The Bertz CT molecular complexity index is 1290. The summed E-state index contributed by atoms with van der Waals surface area (Å²) in [5.74, 6) is 1.10. The minimum absolute atomic E-state index is 0.175. The lowest BCUT2D eigenvalue weighted by Crippen LogP contribution is -2.27. The van der Waals surface area contributed by atoms with Gasteiger partial charge < -0.3 is 19.5 Å². The number of para-hydroxylation sites is 1. The smallest absolute Gasteiger partial charge is 0.270 e. The van der Waals surface area contributed by atoms with E-state index in [1.807, 2.05) is 49.4 Å². The predicted molar refractivity (Wildman–Crippen MR) is 147 cm³/mol. The van der Waals surface area contributed by atoms with Gasteiger partial charge in [-0.1, -0.05) is 48.2 Å². The van der Waals surface area contributed by atoms with Crippen molar-refractivity contribution in [3.63, 3.8) is 0 Å². The first-order chi connectivity index (χ1) is 17.5. The molecule has 1 aliphatic rings. The second-order valence-electron chi connectivity index (χ2n) is 7.56. The summed E-state index contributed by atoms with van der Waals surface area (Å²) in [4.78, 5) is 27.3. The molecule has 0 radical (unpaired) electrons. The number of benzene rings is 3. The first-order valence-corrected chi connectivity index (χ1v) is 12.4. The van der Waals surface area contributed by atoms with Crippen LogP contribution in [0, 0.1) is 0 Å². The first-order valence-electron chi connectivity index (χ1n) is 11.1. The molecule has 1 aliphatic heterocycles. The summed E-state index contributed by atoms with van der Waals surface area (Å²) in [6.07, 6.45) is 1.75. The number of thioether (sulfide) groups is 1. The molecule has 1 heterocycles. The molecule has 1 N–H and O–H groups in total. The average molecular weight is 521 g/mol. The highest BCUT2D eigenvalue weighted by atomic mass is 32.2. The largest absolute Gasteiger partial charge is 0.494 e. The Morgan fingerprint density at radius 3 is 2.47 bits per heavy atom. The zero-order valence-electron chi connectivity index (χ0n) is 19.7. The number of carbonyl (C=O) groups excluding carboxylic acids is 2. The maximum absolute atomic E-state index is 13.1. The van der Waals surface area contributed by atoms with Gasteiger partial charge >= 0.3 is 0 Å². The SMILES string of the molecule is CCOc1ccc(N2C(=O)/C(=C\c3ccc(OCC(=O)Nc4ccccc4)c(OC)c3)SC2=S)cc1. The Labute approximate surface area is 219 Å². The van der Waals surface area contributed by atoms with E-state index in [0.29, 0.717) is 38.7 Å². The third kappa shape index (κ3) is 6.05. The Morgan fingerprint density at radius 1 is 1.03 bits per heavy atom. The number of hydrogen-bond acceptors (Lipinski definition) is 7. The van der Waals surface area contributed by atoms with E-state index in [-0.39, 0.29) is 18.4 Å². The van der Waals surface area contributed by atoms with Crippen molar-refractivity contribution in [2.45, 2.75) is 6.92 Å². The monoisotopic (exact) mass is 520 g/mol. The van der Waals surface area contributed by atoms with Crippen LogP contribution in [0.25, 0.3) is 6.08 Å². The number of nitrogens with zero attached hydrogens (tertiary/aromatic N) is 1. The van der Waals surface area contributed by atoms with Crippen LogP contribution in [0.2, 0.25) is 0 Å². The standard InChI is InChI=1S/C27H24N2O5S2/c1-3-33-21-12-10-20(11-13-21)29-26(31)24(36-27(29)35)16-18-9-14-22(23(15-18)32-2)34-17-25(30)28-19-7-5-4-6-8-19/h4-16H,3,17H2,1-2H3,(H,28,30)/b24-16+. The van der Waals surface area contributed by atoms with E-state index in [0.717, 1.165) is 11.3 Å². The number of hydrogen-bond donors (Lipinski definition) is 1. The zero-order chi connectivity index (χ0) is 25.5. The van der Waals surface area contributed by atoms with Gasteiger partial charge in [0.05, 0.1) is 24.3 Å². The number of ether oxygens (including phenoxy) is 3. The lowest BCUT2D eigenvalue weighted by molar-refractivity contribution is -0.118. The minimum Gasteiger partial charge on any atom is -0.494 e. The molecule has 0 atom stereocenters. The molecule has 3 aromatic rings. The molecule has 1 fully saturated rings. The summed E-state index contributed by atoms with van der Waals surface area (Å²) in [6, 6.07) is 21.6. The van der Waals surface area contributed by atoms with Crippen LogP contribution in [0.1, 0.15) is 12.5 Å². The number of anilines is 2. The highest BCUT2D eigenvalue weighted by Crippen LogP contribution is 2.37. The Hall–Kier alpha value is -3.82. The Morgan fingerprint density at radius 2 is 1.78 bits per heavy atom. The molecule has 3 aromatic carbocycles. The van der Waals surface area contributed by atoms with Crippen molar-refractivity contribution in [2.75, 3.05) is 30.5 Å². The summed E-state index contributed by atoms with van der Waals surface area (Å²) in [6.45, 7) is 2.31. The van der Waals surface area contributed by atoms with Crippen LogP contribution in [0.4, 0.5) is 11.4 Å². The van der Waals surface area contributed by atoms with Crippen LogP contribution in [0.15, 0.2) is 77.7 Å². The molecular weight excluding hydrogens is 496 g/mol. The zero-order valence-corrected chi connectivity index (χ0v) is 21.4. The number of carbonyl (C=O) groups is 2. The molecule has 0 unspecified atom stereocenters. The molecule has 7 nitrogen and oxygen atoms in total. The summed E-state index contributed by atoms with van der Waals surface area (Å²) < 4.78 is 17.0. The Balaban J connectivity index is 1.44. The Kier molecular flexibility index (Phi) is 8.24. The molecular formula is C27H24N2O5S2. The van der Waals surface area contributed by atoms with Gasteiger partial charge in [-0.25, -0.2) is 0 Å². The fourth-order valence-electron chi connectivity index (χ4n) is 3.45. The van der Waals surface area contributed by atoms with Crippen molar-refractivity contribution in [3.8, 4) is 17.2 Å². The normalized spacial score (nSPS) is 14.2. The molecule has 2 amide bonds. The summed E-state index contributed by atoms with van der Waals surface area (Å²) in [5, 5.41) is 2.77. The van der Waals surface area contributed by atoms with Crippen LogP contribution in [-0.2, 0) is 9.59 Å². The van der Waals surface area contributed by atoms with Gasteiger partial charge in [0.2, 0.25) is 0 Å². The van der Waals surface area contributed by atoms with E-state index in [1.165, 1.54) is 23.8 Å². The van der Waals surface area contributed by atoms with E-state index in [9.17, 15) is 9.59 Å². The first kappa shape index (κ1) is 25.3. The molecule has 0 bridgehead atoms. The third-order valence-corrected chi connectivity index (χ3v) is 6.40. The molecule has 4 rings (SSSR count). The molecule has 0 aromatic heterocycles. The van der Waals surface area contributed by atoms with Crippen molar-refractivity contribution < 1.29 is 23.8 Å². The van der Waals surface area contributed by atoms with Gasteiger partial charge in [0.1, 0.15) is 5.75 Å². The highest BCUT2D eigenvalue weighted by Gasteiger charge is 2.33. The van der Waals surface area contributed by atoms with Crippen molar-refractivity contribution in [1.82, 2.24) is 0 Å². The van der Waals surface area contributed by atoms with Crippen LogP contribution in [-0.4, -0.2) is 36.5 Å². The van der Waals surface area contributed by atoms with Gasteiger partial charge in [-0.2, -0.15) is 0 Å². The van der Waals surface area contributed by atoms with E-state index >= 15 is 0 Å². The number of thiocarbonyl (C=S) groups is 1. The predicted octanol–water partition coefficient (Wildman–Crippen LogP) is 5.52. The summed E-state index contributed by atoms with van der Waals surface area (Å²) >= 11 is 6.70. The quantitative estimate of drug-likeness (QED) is 0.294. The number of nitrogens with one attached hydrogen (secondary N) is 1. The third-order valence-electron chi connectivity index (χ3n) is 5.10. The lowest BCUT2D eigenvalue weighted by Gasteiger charge is -2.15. The number of rotatable bonds is 9. The van der Waals surface area contributed by atoms with E-state index in [1.54, 1.807) is 36.4 Å². The van der Waals surface area contributed by atoms with Gasteiger partial charge in [-0.05, 0) is 67.1 Å². The molecule has 36 heavy (non-hydrogen) atoms. The van der Waals surface area contributed by atoms with Crippen LogP contribution < -0.4 is 24.4 Å². The van der Waals surface area contributed by atoms with Crippen molar-refractivity contribution in [1.29, 1.82) is 0 Å². The molecule has 9 heteroatoms. The second kappa shape index (κ2) is 11.7. The second-order valence-corrected chi connectivity index (χ2v) is 9.23. The van der Waals surface area contributed by atoms with Gasteiger partial charge in [0.25, 0.3) is 11.8 Å². The van der Waals surface area contributed by atoms with Gasteiger partial charge in [0.15, 0.2) is 22.4 Å². The fourth-order valence-corrected chi connectivity index (χ4v) is 4.75. The number of amides is 2. The maximum atomic E-state index is 13.1. The molecule has 0 spiro atoms. The van der Waals surface area contributed by atoms with E-state index in [2.05, 4.69) is 5.32 Å². The summed E-state index contributed by atoms with van der Waals surface area (Å²) in [7, 11) is 1.52. The van der Waals surface area contributed by atoms with Crippen LogP contribution in [0.5, 0.6) is 17.2 Å². The average Bonchev–Trinajstić information content (AvgIpc) is 3.16. The van der Waals surface area contributed by atoms with Gasteiger partial charge in [0, 0.05) is 5.69 Å².